The summed E-state index contributed by atoms with van der Waals surface area (Å²) >= 11 is 0. The summed E-state index contributed by atoms with van der Waals surface area (Å²) in [6.45, 7) is 14.1. The Labute approximate surface area is 198 Å². The Morgan fingerprint density at radius 2 is 0.613 bits per heavy atom. The first-order valence-corrected chi connectivity index (χ1v) is 14.8. The SMILES string of the molecule is CCCCCCC(CC)(CCCCCC)OC(CC)(CCCCCC)CCCCCC. The molecule has 0 radical (unpaired) electrons. The van der Waals surface area contributed by atoms with Crippen LogP contribution in [-0.4, -0.2) is 11.2 Å². The predicted octanol–water partition coefficient (Wildman–Crippen LogP) is 11.2. The van der Waals surface area contributed by atoms with Gasteiger partial charge in [-0.25, -0.2) is 0 Å². The zero-order valence-corrected chi connectivity index (χ0v) is 23.0. The van der Waals surface area contributed by atoms with Crippen LogP contribution in [0.4, 0.5) is 0 Å². The van der Waals surface area contributed by atoms with Crippen molar-refractivity contribution in [2.45, 2.75) is 194 Å². The summed E-state index contributed by atoms with van der Waals surface area (Å²) in [5.74, 6) is 0. The third kappa shape index (κ3) is 14.7. The molecule has 0 saturated carbocycles. The molecule has 0 bridgehead atoms. The minimum Gasteiger partial charge on any atom is -0.369 e. The van der Waals surface area contributed by atoms with E-state index in [0.717, 1.165) is 0 Å². The number of hydrogen-bond acceptors (Lipinski definition) is 1. The highest BCUT2D eigenvalue weighted by Gasteiger charge is 2.38. The van der Waals surface area contributed by atoms with E-state index in [2.05, 4.69) is 41.5 Å². The highest BCUT2D eigenvalue weighted by molar-refractivity contribution is 4.88. The van der Waals surface area contributed by atoms with Gasteiger partial charge in [-0.3, -0.25) is 0 Å². The van der Waals surface area contributed by atoms with Gasteiger partial charge in [-0.15, -0.1) is 0 Å². The van der Waals surface area contributed by atoms with Gasteiger partial charge in [-0.2, -0.15) is 0 Å². The van der Waals surface area contributed by atoms with Crippen molar-refractivity contribution >= 4 is 0 Å². The summed E-state index contributed by atoms with van der Waals surface area (Å²) in [4.78, 5) is 0. The van der Waals surface area contributed by atoms with E-state index >= 15 is 0 Å². The van der Waals surface area contributed by atoms with E-state index in [1.807, 2.05) is 0 Å². The van der Waals surface area contributed by atoms with Gasteiger partial charge in [0.2, 0.25) is 0 Å². The Hall–Kier alpha value is -0.0400. The first-order valence-electron chi connectivity index (χ1n) is 14.8. The summed E-state index contributed by atoms with van der Waals surface area (Å²) in [6.07, 6.45) is 29.2. The number of ether oxygens (including phenoxy) is 1. The Kier molecular flexibility index (Phi) is 20.5. The summed E-state index contributed by atoms with van der Waals surface area (Å²) in [5.41, 5.74) is 0.236. The molecule has 0 N–H and O–H groups in total. The van der Waals surface area contributed by atoms with Crippen LogP contribution in [0.15, 0.2) is 0 Å². The first kappa shape index (κ1) is 31.0. The Balaban J connectivity index is 5.37. The topological polar surface area (TPSA) is 9.23 Å². The Morgan fingerprint density at radius 3 is 0.806 bits per heavy atom. The first-order chi connectivity index (χ1) is 15.1. The molecule has 0 fully saturated rings. The average molecular weight is 439 g/mol. The van der Waals surface area contributed by atoms with Crippen molar-refractivity contribution in [2.24, 2.45) is 0 Å². The smallest absolute Gasteiger partial charge is 0.0687 e. The van der Waals surface area contributed by atoms with E-state index in [0.29, 0.717) is 0 Å². The molecule has 0 aromatic carbocycles. The highest BCUT2D eigenvalue weighted by atomic mass is 16.5. The third-order valence-electron chi connectivity index (χ3n) is 7.67. The summed E-state index contributed by atoms with van der Waals surface area (Å²) in [7, 11) is 0. The predicted molar refractivity (Wildman–Crippen MR) is 142 cm³/mol. The van der Waals surface area contributed by atoms with Gasteiger partial charge >= 0.3 is 0 Å². The maximum Gasteiger partial charge on any atom is 0.0687 e. The molecule has 0 saturated heterocycles. The van der Waals surface area contributed by atoms with E-state index in [-0.39, 0.29) is 11.2 Å². The van der Waals surface area contributed by atoms with Crippen LogP contribution in [-0.2, 0) is 4.74 Å². The summed E-state index contributed by atoms with van der Waals surface area (Å²) in [5, 5.41) is 0. The van der Waals surface area contributed by atoms with Crippen molar-refractivity contribution in [3.63, 3.8) is 0 Å². The van der Waals surface area contributed by atoms with Gasteiger partial charge in [0.05, 0.1) is 11.2 Å². The van der Waals surface area contributed by atoms with Gasteiger partial charge in [0.25, 0.3) is 0 Å². The molecule has 0 aromatic rings. The Bertz CT molecular complexity index is 303. The lowest BCUT2D eigenvalue weighted by Crippen LogP contribution is -2.44. The molecule has 0 unspecified atom stereocenters. The maximum atomic E-state index is 7.45. The molecule has 0 amide bonds. The zero-order chi connectivity index (χ0) is 23.3. The summed E-state index contributed by atoms with van der Waals surface area (Å²) in [6, 6.07) is 0. The largest absolute Gasteiger partial charge is 0.369 e. The van der Waals surface area contributed by atoms with Crippen LogP contribution in [0.5, 0.6) is 0 Å². The molecule has 1 nitrogen and oxygen atoms in total. The molecular formula is C30H62O. The van der Waals surface area contributed by atoms with Crippen molar-refractivity contribution in [1.82, 2.24) is 0 Å². The molecule has 0 aliphatic heterocycles. The van der Waals surface area contributed by atoms with Crippen molar-refractivity contribution in [3.05, 3.63) is 0 Å². The van der Waals surface area contributed by atoms with Gasteiger partial charge < -0.3 is 4.74 Å². The molecule has 0 aromatic heterocycles. The quantitative estimate of drug-likeness (QED) is 0.136. The molecule has 1 heteroatoms. The number of rotatable bonds is 24. The number of hydrogen-bond donors (Lipinski definition) is 0. The van der Waals surface area contributed by atoms with E-state index in [4.69, 9.17) is 4.74 Å². The number of unbranched alkanes of at least 4 members (excludes halogenated alkanes) is 12. The molecule has 0 aliphatic carbocycles. The minimum atomic E-state index is 0.118. The van der Waals surface area contributed by atoms with Crippen molar-refractivity contribution < 1.29 is 4.74 Å². The van der Waals surface area contributed by atoms with E-state index < -0.39 is 0 Å². The van der Waals surface area contributed by atoms with Crippen LogP contribution >= 0.6 is 0 Å². The van der Waals surface area contributed by atoms with Crippen molar-refractivity contribution in [2.75, 3.05) is 0 Å². The normalized spacial score (nSPS) is 12.6. The third-order valence-corrected chi connectivity index (χ3v) is 7.67. The Morgan fingerprint density at radius 1 is 0.355 bits per heavy atom. The van der Waals surface area contributed by atoms with Crippen LogP contribution in [0, 0.1) is 0 Å². The second-order valence-corrected chi connectivity index (χ2v) is 10.4. The van der Waals surface area contributed by atoms with Crippen molar-refractivity contribution in [1.29, 1.82) is 0 Å². The molecule has 188 valence electrons. The van der Waals surface area contributed by atoms with Crippen LogP contribution < -0.4 is 0 Å². The monoisotopic (exact) mass is 438 g/mol. The van der Waals surface area contributed by atoms with Crippen LogP contribution in [0.3, 0.4) is 0 Å². The van der Waals surface area contributed by atoms with Crippen molar-refractivity contribution in [3.8, 4) is 0 Å². The maximum absolute atomic E-state index is 7.45. The minimum absolute atomic E-state index is 0.118. The van der Waals surface area contributed by atoms with Gasteiger partial charge in [0.1, 0.15) is 0 Å². The molecule has 31 heavy (non-hydrogen) atoms. The van der Waals surface area contributed by atoms with E-state index in [1.165, 1.54) is 141 Å². The van der Waals surface area contributed by atoms with Gasteiger partial charge in [-0.05, 0) is 38.5 Å². The van der Waals surface area contributed by atoms with Crippen LogP contribution in [0.2, 0.25) is 0 Å². The van der Waals surface area contributed by atoms with Gasteiger partial charge in [0.15, 0.2) is 0 Å². The molecule has 0 heterocycles. The lowest BCUT2D eigenvalue weighted by atomic mass is 9.82. The molecule has 0 rings (SSSR count). The molecule has 0 atom stereocenters. The second-order valence-electron chi connectivity index (χ2n) is 10.4. The standard InChI is InChI=1S/C30H62O/c1-7-13-17-21-25-29(11-5,26-22-18-14-8-2)31-30(12-6,27-23-19-15-9-3)28-24-20-16-10-4/h7-28H2,1-6H3. The van der Waals surface area contributed by atoms with Crippen LogP contribution in [0.25, 0.3) is 0 Å². The second kappa shape index (κ2) is 20.6. The zero-order valence-electron chi connectivity index (χ0n) is 23.0. The average Bonchev–Trinajstić information content (AvgIpc) is 2.79. The van der Waals surface area contributed by atoms with Gasteiger partial charge in [-0.1, -0.05) is 144 Å². The lowest BCUT2D eigenvalue weighted by molar-refractivity contribution is -0.178. The van der Waals surface area contributed by atoms with Crippen LogP contribution in [0.1, 0.15) is 183 Å². The fraction of sp³-hybridized carbons (Fsp3) is 1.00. The highest BCUT2D eigenvalue weighted by Crippen LogP contribution is 2.40. The summed E-state index contributed by atoms with van der Waals surface area (Å²) < 4.78 is 7.45. The fourth-order valence-electron chi connectivity index (χ4n) is 5.26. The molecule has 0 aliphatic rings. The lowest BCUT2D eigenvalue weighted by Gasteiger charge is -2.45. The van der Waals surface area contributed by atoms with E-state index in [1.54, 1.807) is 0 Å². The molecule has 0 spiro atoms. The van der Waals surface area contributed by atoms with Gasteiger partial charge in [0, 0.05) is 0 Å². The van der Waals surface area contributed by atoms with E-state index in [9.17, 15) is 0 Å². The fourth-order valence-corrected chi connectivity index (χ4v) is 5.26. The molecular weight excluding hydrogens is 376 g/mol.